The lowest BCUT2D eigenvalue weighted by molar-refractivity contribution is 0.0507. The van der Waals surface area contributed by atoms with Gasteiger partial charge in [0.1, 0.15) is 15.4 Å². The summed E-state index contributed by atoms with van der Waals surface area (Å²) in [6.07, 6.45) is 0.497. The molecule has 0 bridgehead atoms. The predicted molar refractivity (Wildman–Crippen MR) is 127 cm³/mol. The van der Waals surface area contributed by atoms with Crippen molar-refractivity contribution < 1.29 is 29.3 Å². The topological polar surface area (TPSA) is 113 Å². The van der Waals surface area contributed by atoms with Crippen molar-refractivity contribution in [3.05, 3.63) is 38.7 Å². The van der Waals surface area contributed by atoms with E-state index >= 15 is 0 Å². The number of thiophene rings is 2. The molecule has 1 unspecified atom stereocenters. The Morgan fingerprint density at radius 2 is 1.77 bits per heavy atom. The molecule has 2 rings (SSSR count). The van der Waals surface area contributed by atoms with Gasteiger partial charge in [0.05, 0.1) is 0 Å². The summed E-state index contributed by atoms with van der Waals surface area (Å²) < 4.78 is 5.09. The molecule has 0 fully saturated rings. The van der Waals surface area contributed by atoms with E-state index in [1.807, 2.05) is 27.7 Å². The third-order valence-electron chi connectivity index (χ3n) is 3.00. The van der Waals surface area contributed by atoms with Crippen molar-refractivity contribution in [2.45, 2.75) is 50.7 Å². The van der Waals surface area contributed by atoms with Gasteiger partial charge in [-0.2, -0.15) is 12.6 Å². The molecule has 0 saturated heterocycles. The van der Waals surface area contributed by atoms with Crippen LogP contribution >= 0.6 is 47.9 Å². The number of carboxylic acid groups (broad SMARTS) is 2. The highest BCUT2D eigenvalue weighted by Crippen LogP contribution is 2.19. The summed E-state index contributed by atoms with van der Waals surface area (Å²) in [5, 5.41) is 22.9. The third-order valence-corrected chi connectivity index (χ3v) is 5.73. The molecule has 30 heavy (non-hydrogen) atoms. The molecule has 1 amide bonds. The van der Waals surface area contributed by atoms with E-state index < -0.39 is 17.5 Å². The number of thiol groups is 2. The van der Waals surface area contributed by atoms with Crippen LogP contribution < -0.4 is 5.32 Å². The molecule has 3 N–H and O–H groups in total. The number of carboxylic acids is 2. The Kier molecular flexibility index (Phi) is 13.5. The van der Waals surface area contributed by atoms with Crippen LogP contribution in [0, 0.1) is 0 Å². The average Bonchev–Trinajstić information content (AvgIpc) is 3.30. The molecule has 0 saturated carbocycles. The monoisotopic (exact) mass is 493 g/mol. The van der Waals surface area contributed by atoms with E-state index in [2.05, 4.69) is 30.6 Å². The van der Waals surface area contributed by atoms with Crippen LogP contribution in [-0.2, 0) is 4.74 Å². The fourth-order valence-corrected chi connectivity index (χ4v) is 3.58. The molecule has 1 atom stereocenters. The van der Waals surface area contributed by atoms with Crippen molar-refractivity contribution in [3.63, 3.8) is 0 Å². The van der Waals surface area contributed by atoms with E-state index in [1.54, 1.807) is 29.0 Å². The van der Waals surface area contributed by atoms with Gasteiger partial charge in [0.2, 0.25) is 0 Å². The lowest BCUT2D eigenvalue weighted by atomic mass is 10.2. The summed E-state index contributed by atoms with van der Waals surface area (Å²) in [6, 6.07) is 5.05. The SMILES string of the molecule is CCC(CS)NC(=O)OC(C)(C)C.O=C(O)c1cccs1.O=C(O)c1sccc1S. The number of alkyl carbamates (subject to hydrolysis) is 1. The van der Waals surface area contributed by atoms with Crippen LogP contribution in [-0.4, -0.2) is 45.6 Å². The van der Waals surface area contributed by atoms with E-state index in [-0.39, 0.29) is 12.1 Å². The standard InChI is InChI=1S/C9H19NO2S.C5H4O2S2.C5H4O2S/c1-5-7(6-13)10-8(11)12-9(2,3)4;6-5(7)4-3(8)1-2-9-4;6-5(7)4-2-1-3-8-4/h7,13H,5-6H2,1-4H3,(H,10,11);1-2,8H,(H,6,7);1-3H,(H,6,7). The lowest BCUT2D eigenvalue weighted by Gasteiger charge is -2.22. The zero-order valence-corrected chi connectivity index (χ0v) is 20.5. The fourth-order valence-electron chi connectivity index (χ4n) is 1.61. The summed E-state index contributed by atoms with van der Waals surface area (Å²) in [4.78, 5) is 32.8. The van der Waals surface area contributed by atoms with Crippen molar-refractivity contribution in [3.8, 4) is 0 Å². The number of nitrogens with one attached hydrogen (secondary N) is 1. The summed E-state index contributed by atoms with van der Waals surface area (Å²) in [5.41, 5.74) is -0.432. The highest BCUT2D eigenvalue weighted by atomic mass is 32.1. The molecular weight excluding hydrogens is 466 g/mol. The molecule has 168 valence electrons. The number of hydrogen-bond acceptors (Lipinski definition) is 8. The van der Waals surface area contributed by atoms with Crippen molar-refractivity contribution in [2.24, 2.45) is 0 Å². The smallest absolute Gasteiger partial charge is 0.407 e. The Labute approximate surface area is 195 Å². The Balaban J connectivity index is 0.000000434. The Morgan fingerprint density at radius 3 is 2.03 bits per heavy atom. The number of carbonyl (C=O) groups is 3. The zero-order chi connectivity index (χ0) is 23.3. The first-order chi connectivity index (χ1) is 13.9. The largest absolute Gasteiger partial charge is 0.477 e. The van der Waals surface area contributed by atoms with Gasteiger partial charge in [-0.3, -0.25) is 0 Å². The van der Waals surface area contributed by atoms with E-state index in [1.165, 1.54) is 22.7 Å². The average molecular weight is 494 g/mol. The van der Waals surface area contributed by atoms with Crippen LogP contribution in [0.4, 0.5) is 4.79 Å². The summed E-state index contributed by atoms with van der Waals surface area (Å²) in [7, 11) is 0. The second kappa shape index (κ2) is 14.3. The van der Waals surface area contributed by atoms with Crippen LogP contribution in [0.2, 0.25) is 0 Å². The normalized spacial score (nSPS) is 11.1. The molecule has 0 aromatic carbocycles. The number of ether oxygens (including phenoxy) is 1. The Hall–Kier alpha value is -1.69. The van der Waals surface area contributed by atoms with Crippen molar-refractivity contribution >= 4 is 66.0 Å². The predicted octanol–water partition coefficient (Wildman–Crippen LogP) is 5.40. The minimum atomic E-state index is -0.907. The van der Waals surface area contributed by atoms with Gasteiger partial charge in [-0.25, -0.2) is 14.4 Å². The molecule has 0 radical (unpaired) electrons. The first-order valence-corrected chi connectivity index (χ1v) is 11.6. The van der Waals surface area contributed by atoms with Crippen LogP contribution in [0.5, 0.6) is 0 Å². The van der Waals surface area contributed by atoms with Crippen molar-refractivity contribution in [2.75, 3.05) is 5.75 Å². The maximum Gasteiger partial charge on any atom is 0.407 e. The first-order valence-electron chi connectivity index (χ1n) is 8.78. The quantitative estimate of drug-likeness (QED) is 0.357. The summed E-state index contributed by atoms with van der Waals surface area (Å²) in [6.45, 7) is 7.52. The second-order valence-corrected chi connectivity index (χ2v) is 9.37. The molecule has 7 nitrogen and oxygen atoms in total. The lowest BCUT2D eigenvalue weighted by Crippen LogP contribution is -2.39. The molecule has 2 heterocycles. The van der Waals surface area contributed by atoms with Gasteiger partial charge in [0.25, 0.3) is 0 Å². The van der Waals surface area contributed by atoms with Gasteiger partial charge in [0.15, 0.2) is 0 Å². The van der Waals surface area contributed by atoms with Crippen LogP contribution in [0.15, 0.2) is 33.9 Å². The Morgan fingerprint density at radius 1 is 1.13 bits per heavy atom. The molecule has 11 heteroatoms. The van der Waals surface area contributed by atoms with Gasteiger partial charge in [-0.05, 0) is 50.1 Å². The van der Waals surface area contributed by atoms with Crippen LogP contribution in [0.3, 0.4) is 0 Å². The summed E-state index contributed by atoms with van der Waals surface area (Å²) in [5.74, 6) is -1.12. The molecule has 0 spiro atoms. The Bertz CT molecular complexity index is 779. The number of carbonyl (C=O) groups excluding carboxylic acids is 1. The minimum absolute atomic E-state index is 0.0955. The molecule has 0 aliphatic heterocycles. The molecule has 2 aromatic heterocycles. The van der Waals surface area contributed by atoms with Crippen molar-refractivity contribution in [1.82, 2.24) is 5.32 Å². The first kappa shape index (κ1) is 28.3. The van der Waals surface area contributed by atoms with E-state index in [4.69, 9.17) is 14.9 Å². The maximum atomic E-state index is 11.2. The van der Waals surface area contributed by atoms with Gasteiger partial charge in [0, 0.05) is 16.7 Å². The molecule has 0 aliphatic carbocycles. The van der Waals surface area contributed by atoms with Crippen LogP contribution in [0.1, 0.15) is 53.5 Å². The van der Waals surface area contributed by atoms with Gasteiger partial charge in [-0.15, -0.1) is 35.3 Å². The number of aromatic carboxylic acids is 2. The number of hydrogen-bond donors (Lipinski definition) is 5. The van der Waals surface area contributed by atoms with E-state index in [9.17, 15) is 14.4 Å². The molecule has 0 aliphatic rings. The molecule has 2 aromatic rings. The maximum absolute atomic E-state index is 11.2. The second-order valence-electron chi connectivity index (χ2n) is 6.66. The van der Waals surface area contributed by atoms with Crippen LogP contribution in [0.25, 0.3) is 0 Å². The van der Waals surface area contributed by atoms with Gasteiger partial charge < -0.3 is 20.3 Å². The number of amides is 1. The number of rotatable bonds is 5. The summed E-state index contributed by atoms with van der Waals surface area (Å²) >= 11 is 10.4. The zero-order valence-electron chi connectivity index (χ0n) is 17.1. The fraction of sp³-hybridized carbons (Fsp3) is 0.421. The van der Waals surface area contributed by atoms with Crippen molar-refractivity contribution in [1.29, 1.82) is 0 Å². The van der Waals surface area contributed by atoms with Gasteiger partial charge >= 0.3 is 18.0 Å². The van der Waals surface area contributed by atoms with Gasteiger partial charge in [-0.1, -0.05) is 13.0 Å². The van der Waals surface area contributed by atoms with E-state index in [0.717, 1.165) is 6.42 Å². The highest BCUT2D eigenvalue weighted by Gasteiger charge is 2.17. The van der Waals surface area contributed by atoms with E-state index in [0.29, 0.717) is 20.4 Å². The molecular formula is C19H27NO6S4. The minimum Gasteiger partial charge on any atom is -0.477 e. The third kappa shape index (κ3) is 12.8. The highest BCUT2D eigenvalue weighted by molar-refractivity contribution is 7.80.